The third kappa shape index (κ3) is 3.89. The van der Waals surface area contributed by atoms with E-state index in [2.05, 4.69) is 10.3 Å². The number of anilines is 1. The van der Waals surface area contributed by atoms with E-state index in [9.17, 15) is 4.79 Å². The van der Waals surface area contributed by atoms with Gasteiger partial charge in [-0.25, -0.2) is 4.98 Å². The van der Waals surface area contributed by atoms with E-state index in [4.69, 9.17) is 5.73 Å². The molecule has 1 aromatic heterocycles. The molecule has 1 fully saturated rings. The minimum absolute atomic E-state index is 0.236. The van der Waals surface area contributed by atoms with Crippen LogP contribution in [0.25, 0.3) is 0 Å². The molecule has 0 atom stereocenters. The Morgan fingerprint density at radius 3 is 2.89 bits per heavy atom. The van der Waals surface area contributed by atoms with E-state index in [1.165, 1.54) is 0 Å². The molecule has 2 heterocycles. The lowest BCUT2D eigenvalue weighted by atomic mass is 10.3. The zero-order valence-electron chi connectivity index (χ0n) is 10.3. The van der Waals surface area contributed by atoms with Gasteiger partial charge in [0.05, 0.1) is 16.9 Å². The monoisotopic (exact) mass is 266 g/mol. The van der Waals surface area contributed by atoms with E-state index in [1.54, 1.807) is 18.0 Å². The van der Waals surface area contributed by atoms with Gasteiger partial charge in [-0.3, -0.25) is 4.79 Å². The van der Waals surface area contributed by atoms with Crippen LogP contribution in [-0.4, -0.2) is 47.7 Å². The van der Waals surface area contributed by atoms with Crippen molar-refractivity contribution in [2.75, 3.05) is 37.7 Å². The Bertz CT molecular complexity index is 390. The molecular weight excluding hydrogens is 248 g/mol. The fourth-order valence-electron chi connectivity index (χ4n) is 1.79. The molecule has 1 aliphatic rings. The summed E-state index contributed by atoms with van der Waals surface area (Å²) in [5.74, 6) is 0.999. The number of hydrogen-bond acceptors (Lipinski definition) is 5. The van der Waals surface area contributed by atoms with Gasteiger partial charge in [0.15, 0.2) is 0 Å². The molecule has 3 N–H and O–H groups in total. The van der Waals surface area contributed by atoms with E-state index < -0.39 is 0 Å². The van der Waals surface area contributed by atoms with Crippen molar-refractivity contribution in [1.82, 2.24) is 15.2 Å². The Morgan fingerprint density at radius 1 is 1.44 bits per heavy atom. The fraction of sp³-hybridized carbons (Fsp3) is 0.500. The van der Waals surface area contributed by atoms with Crippen LogP contribution < -0.4 is 11.1 Å². The fourth-order valence-corrected chi connectivity index (χ4v) is 2.57. The molecule has 5 nitrogen and oxygen atoms in total. The van der Waals surface area contributed by atoms with Crippen LogP contribution in [0.15, 0.2) is 23.4 Å². The zero-order valence-corrected chi connectivity index (χ0v) is 11.1. The van der Waals surface area contributed by atoms with Crippen molar-refractivity contribution in [1.29, 1.82) is 0 Å². The number of thioether (sulfide) groups is 1. The minimum Gasteiger partial charge on any atom is -0.397 e. The number of hydrogen-bond donors (Lipinski definition) is 2. The molecule has 1 saturated heterocycles. The second kappa shape index (κ2) is 6.61. The smallest absolute Gasteiger partial charge is 0.223 e. The molecule has 0 radical (unpaired) electrons. The molecule has 2 rings (SSSR count). The quantitative estimate of drug-likeness (QED) is 0.780. The van der Waals surface area contributed by atoms with Crippen molar-refractivity contribution in [3.63, 3.8) is 0 Å². The lowest BCUT2D eigenvalue weighted by Crippen LogP contribution is -2.46. The highest BCUT2D eigenvalue weighted by atomic mass is 32.2. The predicted octanol–water partition coefficient (Wildman–Crippen LogP) is 0.578. The van der Waals surface area contributed by atoms with E-state index in [0.717, 1.165) is 37.0 Å². The van der Waals surface area contributed by atoms with Gasteiger partial charge in [0.25, 0.3) is 0 Å². The normalized spacial score (nSPS) is 15.7. The van der Waals surface area contributed by atoms with Crippen LogP contribution in [-0.2, 0) is 4.79 Å². The SMILES string of the molecule is Nc1ccc(SCCC(=O)N2CCNCC2)nc1. The topological polar surface area (TPSA) is 71.2 Å². The number of nitrogens with zero attached hydrogens (tertiary/aromatic N) is 2. The number of pyridine rings is 1. The van der Waals surface area contributed by atoms with Gasteiger partial charge in [-0.1, -0.05) is 0 Å². The molecule has 1 aromatic rings. The highest BCUT2D eigenvalue weighted by Gasteiger charge is 2.15. The molecule has 0 unspecified atom stereocenters. The van der Waals surface area contributed by atoms with Crippen molar-refractivity contribution in [3.8, 4) is 0 Å². The molecule has 0 aliphatic carbocycles. The van der Waals surface area contributed by atoms with Crippen molar-refractivity contribution in [3.05, 3.63) is 18.3 Å². The Labute approximate surface area is 111 Å². The van der Waals surface area contributed by atoms with Gasteiger partial charge >= 0.3 is 0 Å². The second-order valence-electron chi connectivity index (χ2n) is 4.16. The van der Waals surface area contributed by atoms with E-state index in [1.807, 2.05) is 17.0 Å². The van der Waals surface area contributed by atoms with E-state index >= 15 is 0 Å². The third-order valence-corrected chi connectivity index (χ3v) is 3.74. The van der Waals surface area contributed by atoms with Gasteiger partial charge in [0, 0.05) is 38.4 Å². The highest BCUT2D eigenvalue weighted by Crippen LogP contribution is 2.17. The summed E-state index contributed by atoms with van der Waals surface area (Å²) in [6, 6.07) is 3.71. The van der Waals surface area contributed by atoms with Crippen molar-refractivity contribution < 1.29 is 4.79 Å². The molecule has 0 bridgehead atoms. The third-order valence-electron chi connectivity index (χ3n) is 2.79. The lowest BCUT2D eigenvalue weighted by Gasteiger charge is -2.27. The summed E-state index contributed by atoms with van der Waals surface area (Å²) in [4.78, 5) is 18.0. The summed E-state index contributed by atoms with van der Waals surface area (Å²) in [5, 5.41) is 4.15. The predicted molar refractivity (Wildman–Crippen MR) is 73.4 cm³/mol. The Balaban J connectivity index is 1.71. The highest BCUT2D eigenvalue weighted by molar-refractivity contribution is 7.99. The molecule has 98 valence electrons. The van der Waals surface area contributed by atoms with Gasteiger partial charge < -0.3 is 16.0 Å². The Kier molecular flexibility index (Phi) is 4.83. The van der Waals surface area contributed by atoms with Crippen LogP contribution in [0.4, 0.5) is 5.69 Å². The number of nitrogen functional groups attached to an aromatic ring is 1. The summed E-state index contributed by atoms with van der Waals surface area (Å²) in [5.41, 5.74) is 6.23. The first kappa shape index (κ1) is 13.2. The van der Waals surface area contributed by atoms with Crippen LogP contribution in [0.1, 0.15) is 6.42 Å². The van der Waals surface area contributed by atoms with Gasteiger partial charge in [-0.05, 0) is 12.1 Å². The number of carbonyl (C=O) groups excluding carboxylic acids is 1. The van der Waals surface area contributed by atoms with Gasteiger partial charge in [0.1, 0.15) is 0 Å². The van der Waals surface area contributed by atoms with Crippen LogP contribution >= 0.6 is 11.8 Å². The van der Waals surface area contributed by atoms with Crippen LogP contribution in [0.5, 0.6) is 0 Å². The number of carbonyl (C=O) groups is 1. The molecule has 6 heteroatoms. The van der Waals surface area contributed by atoms with Crippen LogP contribution in [0.3, 0.4) is 0 Å². The number of aromatic nitrogens is 1. The summed E-state index contributed by atoms with van der Waals surface area (Å²) in [6.07, 6.45) is 2.21. The molecule has 0 aromatic carbocycles. The van der Waals surface area contributed by atoms with E-state index in [-0.39, 0.29) is 5.91 Å². The maximum atomic E-state index is 11.9. The Hall–Kier alpha value is -1.27. The maximum absolute atomic E-state index is 11.9. The number of piperazine rings is 1. The summed E-state index contributed by atoms with van der Waals surface area (Å²) in [6.45, 7) is 3.45. The summed E-state index contributed by atoms with van der Waals surface area (Å²) < 4.78 is 0. The minimum atomic E-state index is 0.236. The van der Waals surface area contributed by atoms with Gasteiger partial charge in [-0.2, -0.15) is 0 Å². The van der Waals surface area contributed by atoms with Crippen LogP contribution in [0.2, 0.25) is 0 Å². The molecule has 1 amide bonds. The lowest BCUT2D eigenvalue weighted by molar-refractivity contribution is -0.131. The van der Waals surface area contributed by atoms with Crippen molar-refractivity contribution >= 4 is 23.4 Å². The number of amides is 1. The van der Waals surface area contributed by atoms with Gasteiger partial charge in [-0.15, -0.1) is 11.8 Å². The average Bonchev–Trinajstić information content (AvgIpc) is 2.42. The zero-order chi connectivity index (χ0) is 12.8. The number of nitrogens with two attached hydrogens (primary N) is 1. The second-order valence-corrected chi connectivity index (χ2v) is 5.27. The average molecular weight is 266 g/mol. The molecule has 0 spiro atoms. The molecular formula is C12H18N4OS. The van der Waals surface area contributed by atoms with Gasteiger partial charge in [0.2, 0.25) is 5.91 Å². The first-order chi connectivity index (χ1) is 8.75. The van der Waals surface area contributed by atoms with Crippen molar-refractivity contribution in [2.45, 2.75) is 11.4 Å². The molecule has 18 heavy (non-hydrogen) atoms. The molecule has 1 aliphatic heterocycles. The molecule has 0 saturated carbocycles. The Morgan fingerprint density at radius 2 is 2.22 bits per heavy atom. The maximum Gasteiger partial charge on any atom is 0.223 e. The largest absolute Gasteiger partial charge is 0.397 e. The van der Waals surface area contributed by atoms with Crippen LogP contribution in [0, 0.1) is 0 Å². The van der Waals surface area contributed by atoms with E-state index in [0.29, 0.717) is 12.1 Å². The number of rotatable bonds is 4. The first-order valence-electron chi connectivity index (χ1n) is 6.08. The number of nitrogens with one attached hydrogen (secondary N) is 1. The van der Waals surface area contributed by atoms with Crippen molar-refractivity contribution in [2.24, 2.45) is 0 Å². The standard InChI is InChI=1S/C12H18N4OS/c13-10-1-2-11(15-9-10)18-8-3-12(17)16-6-4-14-5-7-16/h1-2,9,14H,3-8,13H2. The first-order valence-corrected chi connectivity index (χ1v) is 7.07. The summed E-state index contributed by atoms with van der Waals surface area (Å²) in [7, 11) is 0. The summed E-state index contributed by atoms with van der Waals surface area (Å²) >= 11 is 1.59.